The molecule has 1 aliphatic rings. The van der Waals surface area contributed by atoms with Gasteiger partial charge in [0.15, 0.2) is 0 Å². The van der Waals surface area contributed by atoms with E-state index in [1.165, 1.54) is 28.6 Å². The average Bonchev–Trinajstić information content (AvgIpc) is 2.63. The zero-order chi connectivity index (χ0) is 11.5. The van der Waals surface area contributed by atoms with E-state index < -0.39 is 0 Å². The molecule has 3 atom stereocenters. The third-order valence-electron chi connectivity index (χ3n) is 3.59. The second kappa shape index (κ2) is 5.65. The van der Waals surface area contributed by atoms with Crippen LogP contribution in [-0.2, 0) is 6.54 Å². The molecule has 0 bridgehead atoms. The van der Waals surface area contributed by atoms with Crippen molar-refractivity contribution in [2.24, 2.45) is 11.8 Å². The summed E-state index contributed by atoms with van der Waals surface area (Å²) in [6.07, 6.45) is 4.11. The van der Waals surface area contributed by atoms with Crippen molar-refractivity contribution < 1.29 is 0 Å². The lowest BCUT2D eigenvalue weighted by molar-refractivity contribution is 0.227. The lowest BCUT2D eigenvalue weighted by Gasteiger charge is -2.33. The fourth-order valence-corrected chi connectivity index (χ4v) is 4.05. The third kappa shape index (κ3) is 3.31. The SMILES string of the molecule is CC1CCC(NCc2cc(Br)cs2)C(C)C1. The van der Waals surface area contributed by atoms with Crippen LogP contribution in [0.25, 0.3) is 0 Å². The smallest absolute Gasteiger partial charge is 0.0302 e. The predicted octanol–water partition coefficient (Wildman–Crippen LogP) is 4.42. The van der Waals surface area contributed by atoms with E-state index in [1.54, 1.807) is 0 Å². The van der Waals surface area contributed by atoms with Crippen molar-refractivity contribution in [2.75, 3.05) is 0 Å². The minimum atomic E-state index is 0.720. The molecule has 1 heterocycles. The van der Waals surface area contributed by atoms with Crippen LogP contribution in [0, 0.1) is 11.8 Å². The lowest BCUT2D eigenvalue weighted by atomic mass is 9.80. The molecule has 0 saturated heterocycles. The number of halogens is 1. The zero-order valence-corrected chi connectivity index (χ0v) is 12.4. The minimum absolute atomic E-state index is 0.720. The Balaban J connectivity index is 1.81. The highest BCUT2D eigenvalue weighted by atomic mass is 79.9. The molecule has 16 heavy (non-hydrogen) atoms. The van der Waals surface area contributed by atoms with Crippen LogP contribution in [-0.4, -0.2) is 6.04 Å². The van der Waals surface area contributed by atoms with Gasteiger partial charge in [0, 0.05) is 27.3 Å². The first-order chi connectivity index (χ1) is 7.65. The van der Waals surface area contributed by atoms with E-state index in [-0.39, 0.29) is 0 Å². The quantitative estimate of drug-likeness (QED) is 0.871. The van der Waals surface area contributed by atoms with Crippen molar-refractivity contribution in [1.29, 1.82) is 0 Å². The molecule has 3 unspecified atom stereocenters. The summed E-state index contributed by atoms with van der Waals surface area (Å²) in [6.45, 7) is 5.79. The van der Waals surface area contributed by atoms with E-state index in [2.05, 4.69) is 46.5 Å². The van der Waals surface area contributed by atoms with Crippen molar-refractivity contribution in [3.05, 3.63) is 20.8 Å². The average molecular weight is 302 g/mol. The van der Waals surface area contributed by atoms with Crippen molar-refractivity contribution in [3.8, 4) is 0 Å². The van der Waals surface area contributed by atoms with E-state index in [0.717, 1.165) is 24.4 Å². The number of nitrogens with one attached hydrogen (secondary N) is 1. The molecule has 1 aromatic heterocycles. The standard InChI is InChI=1S/C13H20BrNS/c1-9-3-4-13(10(2)5-9)15-7-12-6-11(14)8-16-12/h6,8-10,13,15H,3-5,7H2,1-2H3. The zero-order valence-electron chi connectivity index (χ0n) is 10.0. The Kier molecular flexibility index (Phi) is 4.45. The topological polar surface area (TPSA) is 12.0 Å². The summed E-state index contributed by atoms with van der Waals surface area (Å²) < 4.78 is 1.21. The number of rotatable bonds is 3. The van der Waals surface area contributed by atoms with Gasteiger partial charge in [0.05, 0.1) is 0 Å². The van der Waals surface area contributed by atoms with Gasteiger partial charge in [-0.15, -0.1) is 11.3 Å². The molecular weight excluding hydrogens is 282 g/mol. The van der Waals surface area contributed by atoms with E-state index in [4.69, 9.17) is 0 Å². The lowest BCUT2D eigenvalue weighted by Crippen LogP contribution is -2.38. The summed E-state index contributed by atoms with van der Waals surface area (Å²) >= 11 is 5.33. The van der Waals surface area contributed by atoms with Gasteiger partial charge in [-0.1, -0.05) is 13.8 Å². The Morgan fingerprint density at radius 3 is 2.88 bits per heavy atom. The van der Waals surface area contributed by atoms with Gasteiger partial charge in [0.2, 0.25) is 0 Å². The molecule has 1 nitrogen and oxygen atoms in total. The monoisotopic (exact) mass is 301 g/mol. The second-order valence-corrected chi connectivity index (χ2v) is 7.03. The number of hydrogen-bond donors (Lipinski definition) is 1. The van der Waals surface area contributed by atoms with Gasteiger partial charge < -0.3 is 5.32 Å². The first-order valence-corrected chi connectivity index (χ1v) is 7.78. The molecule has 0 aliphatic heterocycles. The van der Waals surface area contributed by atoms with Crippen molar-refractivity contribution in [3.63, 3.8) is 0 Å². The van der Waals surface area contributed by atoms with E-state index in [1.807, 2.05) is 11.3 Å². The van der Waals surface area contributed by atoms with E-state index >= 15 is 0 Å². The van der Waals surface area contributed by atoms with Crippen LogP contribution >= 0.6 is 27.3 Å². The van der Waals surface area contributed by atoms with Crippen LogP contribution in [0.5, 0.6) is 0 Å². The number of thiophene rings is 1. The van der Waals surface area contributed by atoms with Crippen LogP contribution in [0.2, 0.25) is 0 Å². The van der Waals surface area contributed by atoms with Gasteiger partial charge in [-0.3, -0.25) is 0 Å². The highest BCUT2D eigenvalue weighted by molar-refractivity contribution is 9.10. The summed E-state index contributed by atoms with van der Waals surface area (Å²) in [6, 6.07) is 2.94. The third-order valence-corrected chi connectivity index (χ3v) is 5.29. The van der Waals surface area contributed by atoms with E-state index in [0.29, 0.717) is 0 Å². The molecule has 0 aromatic carbocycles. The summed E-state index contributed by atoms with van der Waals surface area (Å²) in [5, 5.41) is 5.87. The molecule has 1 N–H and O–H groups in total. The summed E-state index contributed by atoms with van der Waals surface area (Å²) in [5.74, 6) is 1.75. The maximum Gasteiger partial charge on any atom is 0.0302 e. The molecule has 0 spiro atoms. The molecule has 90 valence electrons. The molecule has 0 radical (unpaired) electrons. The van der Waals surface area contributed by atoms with Crippen LogP contribution in [0.1, 0.15) is 38.0 Å². The van der Waals surface area contributed by atoms with Gasteiger partial charge in [-0.05, 0) is 53.1 Å². The Bertz CT molecular complexity index is 336. The Morgan fingerprint density at radius 2 is 2.25 bits per heavy atom. The van der Waals surface area contributed by atoms with Gasteiger partial charge in [-0.2, -0.15) is 0 Å². The fourth-order valence-electron chi connectivity index (χ4n) is 2.65. The van der Waals surface area contributed by atoms with Gasteiger partial charge in [0.25, 0.3) is 0 Å². The Hall–Kier alpha value is 0.140. The summed E-state index contributed by atoms with van der Waals surface area (Å²) in [5.41, 5.74) is 0. The van der Waals surface area contributed by atoms with Crippen LogP contribution in [0.15, 0.2) is 15.9 Å². The normalized spacial score (nSPS) is 30.6. The van der Waals surface area contributed by atoms with E-state index in [9.17, 15) is 0 Å². The summed E-state index contributed by atoms with van der Waals surface area (Å²) in [4.78, 5) is 1.43. The molecule has 3 heteroatoms. The van der Waals surface area contributed by atoms with Crippen molar-refractivity contribution in [2.45, 2.75) is 45.7 Å². The first-order valence-electron chi connectivity index (χ1n) is 6.11. The largest absolute Gasteiger partial charge is 0.309 e. The molecule has 0 amide bonds. The molecule has 1 saturated carbocycles. The number of hydrogen-bond acceptors (Lipinski definition) is 2. The maximum absolute atomic E-state index is 3.71. The Labute approximate surface area is 111 Å². The molecule has 1 fully saturated rings. The Morgan fingerprint density at radius 1 is 1.44 bits per heavy atom. The molecule has 1 aliphatic carbocycles. The minimum Gasteiger partial charge on any atom is -0.309 e. The van der Waals surface area contributed by atoms with Gasteiger partial charge in [0.1, 0.15) is 0 Å². The van der Waals surface area contributed by atoms with Gasteiger partial charge in [-0.25, -0.2) is 0 Å². The highest BCUT2D eigenvalue weighted by Gasteiger charge is 2.24. The van der Waals surface area contributed by atoms with Crippen molar-refractivity contribution >= 4 is 27.3 Å². The molecule has 2 rings (SSSR count). The van der Waals surface area contributed by atoms with Crippen LogP contribution in [0.4, 0.5) is 0 Å². The second-order valence-electron chi connectivity index (χ2n) is 5.11. The highest BCUT2D eigenvalue weighted by Crippen LogP contribution is 2.29. The first kappa shape index (κ1) is 12.6. The maximum atomic E-state index is 3.71. The molecule has 1 aromatic rings. The van der Waals surface area contributed by atoms with Crippen LogP contribution < -0.4 is 5.32 Å². The van der Waals surface area contributed by atoms with Crippen LogP contribution in [0.3, 0.4) is 0 Å². The summed E-state index contributed by atoms with van der Waals surface area (Å²) in [7, 11) is 0. The predicted molar refractivity (Wildman–Crippen MR) is 74.8 cm³/mol. The van der Waals surface area contributed by atoms with Gasteiger partial charge >= 0.3 is 0 Å². The molecular formula is C13H20BrNS. The van der Waals surface area contributed by atoms with Crippen molar-refractivity contribution in [1.82, 2.24) is 5.32 Å². The fraction of sp³-hybridized carbons (Fsp3) is 0.692.